The van der Waals surface area contributed by atoms with Gasteiger partial charge in [-0.1, -0.05) is 12.1 Å². The largest absolute Gasteiger partial charge is 0.378 e. The van der Waals surface area contributed by atoms with Crippen molar-refractivity contribution >= 4 is 34.6 Å². The van der Waals surface area contributed by atoms with Gasteiger partial charge in [-0.15, -0.1) is 0 Å². The Kier molecular flexibility index (Phi) is 5.69. The van der Waals surface area contributed by atoms with Crippen molar-refractivity contribution in [2.24, 2.45) is 0 Å². The van der Waals surface area contributed by atoms with Gasteiger partial charge in [-0.05, 0) is 55.5 Å². The van der Waals surface area contributed by atoms with E-state index in [1.54, 1.807) is 36.4 Å². The Morgan fingerprint density at radius 3 is 2.25 bits per heavy atom. The lowest BCUT2D eigenvalue weighted by atomic mass is 10.1. The fourth-order valence-corrected chi connectivity index (χ4v) is 2.61. The summed E-state index contributed by atoms with van der Waals surface area (Å²) < 4.78 is 0. The summed E-state index contributed by atoms with van der Waals surface area (Å²) >= 11 is 0. The molecule has 6 nitrogen and oxygen atoms in total. The first-order valence-corrected chi connectivity index (χ1v) is 8.85. The van der Waals surface area contributed by atoms with Crippen LogP contribution in [-0.2, 0) is 0 Å². The number of hydrogen-bond donors (Lipinski definition) is 2. The lowest BCUT2D eigenvalue weighted by molar-refractivity contribution is 0.101. The molecule has 0 fully saturated rings. The molecular weight excluding hydrogens is 352 g/mol. The highest BCUT2D eigenvalue weighted by Crippen LogP contribution is 2.19. The van der Waals surface area contributed by atoms with E-state index >= 15 is 0 Å². The van der Waals surface area contributed by atoms with E-state index in [2.05, 4.69) is 15.6 Å². The highest BCUT2D eigenvalue weighted by Gasteiger charge is 2.08. The van der Waals surface area contributed by atoms with Crippen LogP contribution in [0.1, 0.15) is 27.6 Å². The molecule has 1 heterocycles. The molecule has 0 aliphatic carbocycles. The molecule has 2 aromatic carbocycles. The number of carbonyl (C=O) groups excluding carboxylic acids is 2. The fourth-order valence-electron chi connectivity index (χ4n) is 2.61. The molecule has 3 rings (SSSR count). The number of benzene rings is 2. The first kappa shape index (κ1) is 19.1. The van der Waals surface area contributed by atoms with Crippen molar-refractivity contribution in [2.75, 3.05) is 29.6 Å². The Balaban J connectivity index is 1.65. The third-order valence-corrected chi connectivity index (χ3v) is 4.21. The second-order valence-corrected chi connectivity index (χ2v) is 6.59. The Hall–Kier alpha value is -3.67. The van der Waals surface area contributed by atoms with Crippen LogP contribution in [-0.4, -0.2) is 30.8 Å². The SMILES string of the molecule is CC(=O)c1cccc(NC(=O)c2ccc(Nc3ccc(N(C)C)cc3)nc2)c1. The zero-order valence-electron chi connectivity index (χ0n) is 16.1. The maximum atomic E-state index is 12.4. The highest BCUT2D eigenvalue weighted by atomic mass is 16.1. The van der Waals surface area contributed by atoms with Gasteiger partial charge in [-0.25, -0.2) is 4.98 Å². The second-order valence-electron chi connectivity index (χ2n) is 6.59. The molecule has 3 aromatic rings. The fraction of sp³-hybridized carbons (Fsp3) is 0.136. The van der Waals surface area contributed by atoms with Crippen LogP contribution < -0.4 is 15.5 Å². The van der Waals surface area contributed by atoms with Crippen molar-refractivity contribution in [3.05, 3.63) is 78.0 Å². The highest BCUT2D eigenvalue weighted by molar-refractivity contribution is 6.05. The predicted octanol–water partition coefficient (Wildman–Crippen LogP) is 4.35. The summed E-state index contributed by atoms with van der Waals surface area (Å²) in [6.45, 7) is 1.49. The normalized spacial score (nSPS) is 10.2. The van der Waals surface area contributed by atoms with E-state index in [-0.39, 0.29) is 11.7 Å². The van der Waals surface area contributed by atoms with Gasteiger partial charge in [0.1, 0.15) is 5.82 Å². The van der Waals surface area contributed by atoms with E-state index < -0.39 is 0 Å². The number of Topliss-reactive ketones (excluding diaryl/α,β-unsaturated/α-hetero) is 1. The van der Waals surface area contributed by atoms with Gasteiger partial charge in [0.05, 0.1) is 5.56 Å². The van der Waals surface area contributed by atoms with E-state index in [9.17, 15) is 9.59 Å². The smallest absolute Gasteiger partial charge is 0.257 e. The second kappa shape index (κ2) is 8.35. The molecule has 0 saturated heterocycles. The number of amides is 1. The van der Waals surface area contributed by atoms with Crippen LogP contribution in [0.2, 0.25) is 0 Å². The molecule has 142 valence electrons. The van der Waals surface area contributed by atoms with Crippen molar-refractivity contribution in [3.63, 3.8) is 0 Å². The van der Waals surface area contributed by atoms with Crippen molar-refractivity contribution < 1.29 is 9.59 Å². The summed E-state index contributed by atoms with van der Waals surface area (Å²) in [5, 5.41) is 5.99. The number of rotatable bonds is 6. The summed E-state index contributed by atoms with van der Waals surface area (Å²) in [5.41, 5.74) is 3.58. The molecule has 0 aliphatic heterocycles. The van der Waals surface area contributed by atoms with Gasteiger partial charge in [0, 0.05) is 42.9 Å². The maximum Gasteiger partial charge on any atom is 0.257 e. The molecule has 6 heteroatoms. The number of pyridine rings is 1. The molecule has 28 heavy (non-hydrogen) atoms. The number of ketones is 1. The van der Waals surface area contributed by atoms with E-state index in [0.29, 0.717) is 22.6 Å². The van der Waals surface area contributed by atoms with Crippen LogP contribution in [0.3, 0.4) is 0 Å². The maximum absolute atomic E-state index is 12.4. The summed E-state index contributed by atoms with van der Waals surface area (Å²) in [5.74, 6) is 0.314. The number of hydrogen-bond acceptors (Lipinski definition) is 5. The quantitative estimate of drug-likeness (QED) is 0.628. The number of nitrogens with zero attached hydrogens (tertiary/aromatic N) is 2. The van der Waals surface area contributed by atoms with Gasteiger partial charge in [0.25, 0.3) is 5.91 Å². The number of nitrogens with one attached hydrogen (secondary N) is 2. The van der Waals surface area contributed by atoms with E-state index in [1.165, 1.54) is 13.1 Å². The predicted molar refractivity (Wildman–Crippen MR) is 113 cm³/mol. The summed E-state index contributed by atoms with van der Waals surface area (Å²) in [7, 11) is 3.98. The third-order valence-electron chi connectivity index (χ3n) is 4.21. The first-order valence-electron chi connectivity index (χ1n) is 8.85. The summed E-state index contributed by atoms with van der Waals surface area (Å²) in [6, 6.07) is 18.3. The van der Waals surface area contributed by atoms with Gasteiger partial charge >= 0.3 is 0 Å². The van der Waals surface area contributed by atoms with Gasteiger partial charge in [-0.3, -0.25) is 9.59 Å². The molecular formula is C22H22N4O2. The Labute approximate surface area is 164 Å². The molecule has 0 bridgehead atoms. The number of anilines is 4. The van der Waals surface area contributed by atoms with Crippen molar-refractivity contribution in [3.8, 4) is 0 Å². The minimum atomic E-state index is -0.282. The van der Waals surface area contributed by atoms with E-state index in [1.807, 2.05) is 43.3 Å². The van der Waals surface area contributed by atoms with Crippen LogP contribution in [0, 0.1) is 0 Å². The number of carbonyl (C=O) groups is 2. The first-order chi connectivity index (χ1) is 13.4. The Morgan fingerprint density at radius 2 is 1.64 bits per heavy atom. The standard InChI is InChI=1S/C22H22N4O2/c1-15(27)16-5-4-6-19(13-16)25-22(28)17-7-12-21(23-14-17)24-18-8-10-20(11-9-18)26(2)3/h4-14H,1-3H3,(H,23,24)(H,25,28). The zero-order chi connectivity index (χ0) is 20.1. The van der Waals surface area contributed by atoms with Gasteiger partial charge in [0.15, 0.2) is 5.78 Å². The minimum Gasteiger partial charge on any atom is -0.378 e. The lowest BCUT2D eigenvalue weighted by Gasteiger charge is -2.13. The molecule has 0 spiro atoms. The van der Waals surface area contributed by atoms with Crippen molar-refractivity contribution in [2.45, 2.75) is 6.92 Å². The van der Waals surface area contributed by atoms with Crippen molar-refractivity contribution in [1.29, 1.82) is 0 Å². The van der Waals surface area contributed by atoms with Crippen LogP contribution in [0.4, 0.5) is 22.9 Å². The Bertz CT molecular complexity index is 980. The average molecular weight is 374 g/mol. The zero-order valence-corrected chi connectivity index (χ0v) is 16.1. The molecule has 0 atom stereocenters. The molecule has 0 saturated carbocycles. The molecule has 0 unspecified atom stereocenters. The summed E-state index contributed by atoms with van der Waals surface area (Å²) in [6.07, 6.45) is 1.51. The Morgan fingerprint density at radius 1 is 0.893 bits per heavy atom. The van der Waals surface area contributed by atoms with E-state index in [0.717, 1.165) is 11.4 Å². The lowest BCUT2D eigenvalue weighted by Crippen LogP contribution is -2.12. The molecule has 1 amide bonds. The van der Waals surface area contributed by atoms with Gasteiger partial charge < -0.3 is 15.5 Å². The monoisotopic (exact) mass is 374 g/mol. The van der Waals surface area contributed by atoms with Gasteiger partial charge in [0.2, 0.25) is 0 Å². The minimum absolute atomic E-state index is 0.0493. The molecule has 2 N–H and O–H groups in total. The van der Waals surface area contributed by atoms with Crippen LogP contribution >= 0.6 is 0 Å². The third kappa shape index (κ3) is 4.73. The molecule has 1 aromatic heterocycles. The van der Waals surface area contributed by atoms with Gasteiger partial charge in [-0.2, -0.15) is 0 Å². The molecule has 0 radical (unpaired) electrons. The van der Waals surface area contributed by atoms with Crippen LogP contribution in [0.15, 0.2) is 66.9 Å². The summed E-state index contributed by atoms with van der Waals surface area (Å²) in [4.78, 5) is 30.2. The average Bonchev–Trinajstić information content (AvgIpc) is 2.69. The van der Waals surface area contributed by atoms with E-state index in [4.69, 9.17) is 0 Å². The topological polar surface area (TPSA) is 74.3 Å². The van der Waals surface area contributed by atoms with Crippen LogP contribution in [0.5, 0.6) is 0 Å². The van der Waals surface area contributed by atoms with Crippen LogP contribution in [0.25, 0.3) is 0 Å². The number of aromatic nitrogens is 1. The van der Waals surface area contributed by atoms with Crippen molar-refractivity contribution in [1.82, 2.24) is 4.98 Å². The molecule has 0 aliphatic rings.